The molecule has 1 fully saturated rings. The third kappa shape index (κ3) is 4.07. The topological polar surface area (TPSA) is 100 Å². The normalized spacial score (nSPS) is 14.2. The van der Waals surface area contributed by atoms with Gasteiger partial charge in [-0.3, -0.25) is 14.9 Å². The van der Waals surface area contributed by atoms with E-state index in [9.17, 15) is 19.3 Å². The van der Waals surface area contributed by atoms with E-state index in [0.717, 1.165) is 50.1 Å². The van der Waals surface area contributed by atoms with Crippen LogP contribution < -0.4 is 15.5 Å². The molecule has 3 rings (SSSR count). The van der Waals surface area contributed by atoms with Crippen LogP contribution in [-0.2, 0) is 0 Å². The van der Waals surface area contributed by atoms with Gasteiger partial charge < -0.3 is 15.5 Å². The Balaban J connectivity index is 1.71. The van der Waals surface area contributed by atoms with Crippen LogP contribution in [0, 0.1) is 15.9 Å². The van der Waals surface area contributed by atoms with Crippen LogP contribution in [0.3, 0.4) is 0 Å². The van der Waals surface area contributed by atoms with Crippen molar-refractivity contribution in [3.05, 3.63) is 58.0 Å². The number of nitrogens with one attached hydrogen (secondary N) is 2. The number of hydrogen-bond acceptors (Lipinski definition) is 6. The lowest BCUT2D eigenvalue weighted by Gasteiger charge is -2.29. The minimum absolute atomic E-state index is 0.139. The summed E-state index contributed by atoms with van der Waals surface area (Å²) in [4.78, 5) is 28.5. The summed E-state index contributed by atoms with van der Waals surface area (Å²) < 4.78 is 13.4. The number of pyridine rings is 1. The second kappa shape index (κ2) is 7.22. The van der Waals surface area contributed by atoms with Crippen LogP contribution in [0.25, 0.3) is 0 Å². The van der Waals surface area contributed by atoms with E-state index in [-0.39, 0.29) is 11.4 Å². The smallest absolute Gasteiger partial charge is 0.273 e. The standard InChI is InChI=1S/C16H16FN5O3/c17-12-7-11(8-14(9-12)22(24)25)16(23)20-15-2-1-13(10-19-15)21-5-3-18-4-6-21/h1-2,7-10,18H,3-6H2,(H,19,20,23). The van der Waals surface area contributed by atoms with Crippen molar-refractivity contribution >= 4 is 23.1 Å². The number of nitro groups is 1. The molecule has 1 aromatic heterocycles. The molecule has 1 saturated heterocycles. The molecule has 2 N–H and O–H groups in total. The Morgan fingerprint density at radius 2 is 2.04 bits per heavy atom. The van der Waals surface area contributed by atoms with Crippen molar-refractivity contribution < 1.29 is 14.1 Å². The number of nitrogens with zero attached hydrogens (tertiary/aromatic N) is 3. The number of benzene rings is 1. The largest absolute Gasteiger partial charge is 0.368 e. The Labute approximate surface area is 142 Å². The van der Waals surface area contributed by atoms with Crippen molar-refractivity contribution in [1.29, 1.82) is 0 Å². The van der Waals surface area contributed by atoms with Gasteiger partial charge in [-0.1, -0.05) is 0 Å². The van der Waals surface area contributed by atoms with E-state index in [2.05, 4.69) is 20.5 Å². The first-order valence-electron chi connectivity index (χ1n) is 7.71. The van der Waals surface area contributed by atoms with Gasteiger partial charge in [0.2, 0.25) is 0 Å². The van der Waals surface area contributed by atoms with Crippen LogP contribution in [0.5, 0.6) is 0 Å². The molecule has 2 heterocycles. The van der Waals surface area contributed by atoms with Crippen LogP contribution in [0.15, 0.2) is 36.5 Å². The van der Waals surface area contributed by atoms with Crippen LogP contribution in [0.2, 0.25) is 0 Å². The third-order valence-corrected chi connectivity index (χ3v) is 3.83. The number of piperazine rings is 1. The first-order chi connectivity index (χ1) is 12.0. The number of aromatic nitrogens is 1. The van der Waals surface area contributed by atoms with E-state index in [1.54, 1.807) is 12.3 Å². The first kappa shape index (κ1) is 16.8. The predicted molar refractivity (Wildman–Crippen MR) is 90.3 cm³/mol. The van der Waals surface area contributed by atoms with Gasteiger partial charge in [-0.15, -0.1) is 0 Å². The van der Waals surface area contributed by atoms with E-state index in [1.165, 1.54) is 0 Å². The quantitative estimate of drug-likeness (QED) is 0.647. The van der Waals surface area contributed by atoms with Crippen LogP contribution in [-0.4, -0.2) is 42.0 Å². The van der Waals surface area contributed by atoms with Gasteiger partial charge >= 0.3 is 0 Å². The number of carbonyl (C=O) groups excluding carboxylic acids is 1. The Hall–Kier alpha value is -3.07. The Morgan fingerprint density at radius 3 is 2.68 bits per heavy atom. The van der Waals surface area contributed by atoms with Gasteiger partial charge in [-0.05, 0) is 18.2 Å². The second-order valence-corrected chi connectivity index (χ2v) is 5.55. The lowest BCUT2D eigenvalue weighted by molar-refractivity contribution is -0.385. The highest BCUT2D eigenvalue weighted by molar-refractivity contribution is 6.04. The summed E-state index contributed by atoms with van der Waals surface area (Å²) in [6, 6.07) is 6.20. The Bertz CT molecular complexity index is 791. The zero-order valence-electron chi connectivity index (χ0n) is 13.2. The van der Waals surface area contributed by atoms with Gasteiger partial charge in [-0.25, -0.2) is 9.37 Å². The van der Waals surface area contributed by atoms with Gasteiger partial charge in [0.1, 0.15) is 11.6 Å². The molecule has 8 nitrogen and oxygen atoms in total. The monoisotopic (exact) mass is 345 g/mol. The molecule has 130 valence electrons. The third-order valence-electron chi connectivity index (χ3n) is 3.83. The van der Waals surface area contributed by atoms with Gasteiger partial charge in [0.15, 0.2) is 0 Å². The maximum Gasteiger partial charge on any atom is 0.273 e. The first-order valence-corrected chi connectivity index (χ1v) is 7.71. The molecule has 0 saturated carbocycles. The van der Waals surface area contributed by atoms with Crippen molar-refractivity contribution in [2.45, 2.75) is 0 Å². The lowest BCUT2D eigenvalue weighted by atomic mass is 10.2. The minimum atomic E-state index is -0.846. The molecule has 0 radical (unpaired) electrons. The second-order valence-electron chi connectivity index (χ2n) is 5.55. The maximum atomic E-state index is 13.4. The summed E-state index contributed by atoms with van der Waals surface area (Å²) in [7, 11) is 0. The summed E-state index contributed by atoms with van der Waals surface area (Å²) in [5, 5.41) is 16.5. The van der Waals surface area contributed by atoms with Gasteiger partial charge in [0.25, 0.3) is 11.6 Å². The van der Waals surface area contributed by atoms with E-state index in [1.807, 2.05) is 6.07 Å². The van der Waals surface area contributed by atoms with Crippen molar-refractivity contribution in [3.8, 4) is 0 Å². The number of nitro benzene ring substituents is 1. The molecule has 1 amide bonds. The highest BCUT2D eigenvalue weighted by Crippen LogP contribution is 2.19. The van der Waals surface area contributed by atoms with Crippen molar-refractivity contribution in [1.82, 2.24) is 10.3 Å². The fourth-order valence-electron chi connectivity index (χ4n) is 2.57. The molecule has 0 atom stereocenters. The molecule has 1 aromatic carbocycles. The summed E-state index contributed by atoms with van der Waals surface area (Å²) >= 11 is 0. The number of rotatable bonds is 4. The molecule has 25 heavy (non-hydrogen) atoms. The molecule has 0 bridgehead atoms. The molecule has 0 unspecified atom stereocenters. The number of amides is 1. The number of anilines is 2. The van der Waals surface area contributed by atoms with E-state index < -0.39 is 22.3 Å². The van der Waals surface area contributed by atoms with Crippen molar-refractivity contribution in [3.63, 3.8) is 0 Å². The minimum Gasteiger partial charge on any atom is -0.368 e. The average Bonchev–Trinajstić information content (AvgIpc) is 2.62. The summed E-state index contributed by atoms with van der Waals surface area (Å²) in [5.74, 6) is -1.22. The summed E-state index contributed by atoms with van der Waals surface area (Å²) in [6.45, 7) is 3.55. The zero-order valence-corrected chi connectivity index (χ0v) is 13.2. The Kier molecular flexibility index (Phi) is 4.85. The number of carbonyl (C=O) groups is 1. The van der Waals surface area contributed by atoms with Gasteiger partial charge in [0.05, 0.1) is 22.9 Å². The molecule has 1 aliphatic rings. The SMILES string of the molecule is O=C(Nc1ccc(N2CCNCC2)cn1)c1cc(F)cc([N+](=O)[O-])c1. The summed E-state index contributed by atoms with van der Waals surface area (Å²) in [6.07, 6.45) is 1.65. The molecular formula is C16H16FN5O3. The Morgan fingerprint density at radius 1 is 1.28 bits per heavy atom. The molecule has 0 spiro atoms. The van der Waals surface area contributed by atoms with E-state index in [4.69, 9.17) is 0 Å². The fourth-order valence-corrected chi connectivity index (χ4v) is 2.57. The highest BCUT2D eigenvalue weighted by atomic mass is 19.1. The van der Waals surface area contributed by atoms with Gasteiger partial charge in [-0.2, -0.15) is 0 Å². The maximum absolute atomic E-state index is 13.4. The number of non-ortho nitro benzene ring substituents is 1. The lowest BCUT2D eigenvalue weighted by Crippen LogP contribution is -2.43. The predicted octanol–water partition coefficient (Wildman–Crippen LogP) is 1.79. The number of hydrogen-bond donors (Lipinski definition) is 2. The molecule has 1 aliphatic heterocycles. The number of halogens is 1. The van der Waals surface area contributed by atoms with Gasteiger partial charge in [0, 0.05) is 37.8 Å². The molecule has 0 aliphatic carbocycles. The van der Waals surface area contributed by atoms with Crippen LogP contribution in [0.4, 0.5) is 21.6 Å². The van der Waals surface area contributed by atoms with Crippen molar-refractivity contribution in [2.75, 3.05) is 36.4 Å². The fraction of sp³-hybridized carbons (Fsp3) is 0.250. The average molecular weight is 345 g/mol. The van der Waals surface area contributed by atoms with Crippen LogP contribution in [0.1, 0.15) is 10.4 Å². The van der Waals surface area contributed by atoms with Crippen LogP contribution >= 0.6 is 0 Å². The molecular weight excluding hydrogens is 329 g/mol. The van der Waals surface area contributed by atoms with E-state index in [0.29, 0.717) is 0 Å². The highest BCUT2D eigenvalue weighted by Gasteiger charge is 2.16. The molecule has 2 aromatic rings. The van der Waals surface area contributed by atoms with E-state index >= 15 is 0 Å². The zero-order chi connectivity index (χ0) is 17.8. The summed E-state index contributed by atoms with van der Waals surface area (Å²) in [5.41, 5.74) is 0.327. The van der Waals surface area contributed by atoms with Crippen molar-refractivity contribution in [2.24, 2.45) is 0 Å². The molecule has 9 heteroatoms.